The Hall–Kier alpha value is -1.45. The number of rotatable bonds is 5. The molecule has 2 aromatic carbocycles. The fourth-order valence-corrected chi connectivity index (χ4v) is 2.46. The van der Waals surface area contributed by atoms with Gasteiger partial charge in [-0.1, -0.05) is 58.4 Å². The van der Waals surface area contributed by atoms with E-state index in [-0.39, 0.29) is 11.8 Å². The van der Waals surface area contributed by atoms with E-state index in [1.165, 1.54) is 0 Å². The Morgan fingerprint density at radius 1 is 1.11 bits per heavy atom. The quantitative estimate of drug-likeness (QED) is 0.914. The highest BCUT2D eigenvalue weighted by atomic mass is 79.9. The van der Waals surface area contributed by atoms with Gasteiger partial charge >= 0.3 is 0 Å². The number of benzene rings is 2. The number of nitrogens with two attached hydrogens (primary N) is 1. The van der Waals surface area contributed by atoms with Gasteiger partial charge in [0.05, 0.1) is 0 Å². The van der Waals surface area contributed by atoms with Crippen LogP contribution in [0.2, 0.25) is 0 Å². The van der Waals surface area contributed by atoms with Crippen molar-refractivity contribution in [1.29, 1.82) is 0 Å². The molecule has 1 atom stereocenters. The van der Waals surface area contributed by atoms with Crippen LogP contribution in [0.15, 0.2) is 59.1 Å². The van der Waals surface area contributed by atoms with E-state index in [1.54, 1.807) is 0 Å². The molecule has 0 aliphatic rings. The van der Waals surface area contributed by atoms with Crippen molar-refractivity contribution in [2.45, 2.75) is 18.9 Å². The summed E-state index contributed by atoms with van der Waals surface area (Å²) in [5.74, 6) is 0.162. The molecule has 2 rings (SSSR count). The molecule has 19 heavy (non-hydrogen) atoms. The zero-order chi connectivity index (χ0) is 13.7. The first-order chi connectivity index (χ1) is 9.15. The lowest BCUT2D eigenvalue weighted by Crippen LogP contribution is -2.16. The van der Waals surface area contributed by atoms with Crippen molar-refractivity contribution in [2.24, 2.45) is 5.73 Å². The summed E-state index contributed by atoms with van der Waals surface area (Å²) in [7, 11) is 0. The summed E-state index contributed by atoms with van der Waals surface area (Å²) >= 11 is 3.40. The van der Waals surface area contributed by atoms with Crippen LogP contribution in [0.4, 0.5) is 0 Å². The van der Waals surface area contributed by atoms with Crippen molar-refractivity contribution < 1.29 is 4.79 Å². The summed E-state index contributed by atoms with van der Waals surface area (Å²) in [6.45, 7) is 0. The van der Waals surface area contributed by atoms with E-state index in [4.69, 9.17) is 5.73 Å². The first-order valence-electron chi connectivity index (χ1n) is 6.22. The van der Waals surface area contributed by atoms with Gasteiger partial charge in [0.25, 0.3) is 0 Å². The Morgan fingerprint density at radius 3 is 2.53 bits per heavy atom. The normalized spacial score (nSPS) is 12.1. The van der Waals surface area contributed by atoms with Crippen molar-refractivity contribution in [3.63, 3.8) is 0 Å². The molecule has 98 valence electrons. The lowest BCUT2D eigenvalue weighted by atomic mass is 9.99. The zero-order valence-electron chi connectivity index (χ0n) is 10.6. The van der Waals surface area contributed by atoms with Crippen LogP contribution in [0.1, 0.15) is 23.6 Å². The maximum atomic E-state index is 12.0. The van der Waals surface area contributed by atoms with Crippen molar-refractivity contribution >= 4 is 21.7 Å². The lowest BCUT2D eigenvalue weighted by molar-refractivity contribution is -0.118. The third kappa shape index (κ3) is 4.30. The van der Waals surface area contributed by atoms with Gasteiger partial charge in [0.2, 0.25) is 0 Å². The topological polar surface area (TPSA) is 43.1 Å². The van der Waals surface area contributed by atoms with E-state index in [2.05, 4.69) is 15.9 Å². The second kappa shape index (κ2) is 6.64. The Kier molecular flexibility index (Phi) is 4.88. The van der Waals surface area contributed by atoms with Crippen LogP contribution in [-0.4, -0.2) is 5.78 Å². The molecule has 0 aromatic heterocycles. The molecule has 0 radical (unpaired) electrons. The van der Waals surface area contributed by atoms with Gasteiger partial charge in [-0.25, -0.2) is 0 Å². The van der Waals surface area contributed by atoms with E-state index in [0.29, 0.717) is 12.8 Å². The highest BCUT2D eigenvalue weighted by molar-refractivity contribution is 9.10. The summed E-state index contributed by atoms with van der Waals surface area (Å²) in [6.07, 6.45) is 0.802. The standard InChI is InChI=1S/C16H16BrNO/c17-14-8-4-5-12(9-14)10-15(19)11-16(18)13-6-2-1-3-7-13/h1-9,16H,10-11,18H2. The summed E-state index contributed by atoms with van der Waals surface area (Å²) in [4.78, 5) is 12.0. The van der Waals surface area contributed by atoms with Gasteiger partial charge in [-0.3, -0.25) is 4.79 Å². The third-order valence-electron chi connectivity index (χ3n) is 2.97. The predicted octanol–water partition coefficient (Wildman–Crippen LogP) is 3.65. The van der Waals surface area contributed by atoms with E-state index >= 15 is 0 Å². The van der Waals surface area contributed by atoms with Crippen LogP contribution in [0.25, 0.3) is 0 Å². The molecule has 0 fully saturated rings. The number of halogens is 1. The molecule has 0 saturated heterocycles. The number of ketones is 1. The molecule has 0 amide bonds. The number of carbonyl (C=O) groups excluding carboxylic acids is 1. The van der Waals surface area contributed by atoms with Gasteiger partial charge in [0.1, 0.15) is 5.78 Å². The smallest absolute Gasteiger partial charge is 0.139 e. The second-order valence-corrected chi connectivity index (χ2v) is 5.48. The van der Waals surface area contributed by atoms with E-state index < -0.39 is 0 Å². The minimum Gasteiger partial charge on any atom is -0.324 e. The molecule has 0 bridgehead atoms. The zero-order valence-corrected chi connectivity index (χ0v) is 12.1. The monoisotopic (exact) mass is 317 g/mol. The Labute approximate surface area is 121 Å². The molecule has 0 heterocycles. The van der Waals surface area contributed by atoms with Crippen molar-refractivity contribution in [3.05, 3.63) is 70.2 Å². The molecule has 1 unspecified atom stereocenters. The SMILES string of the molecule is NC(CC(=O)Cc1cccc(Br)c1)c1ccccc1. The van der Waals surface area contributed by atoms with E-state index in [1.807, 2.05) is 54.6 Å². The maximum absolute atomic E-state index is 12.0. The molecule has 0 aliphatic carbocycles. The first-order valence-corrected chi connectivity index (χ1v) is 7.01. The van der Waals surface area contributed by atoms with Crippen LogP contribution in [0, 0.1) is 0 Å². The average molecular weight is 318 g/mol. The fraction of sp³-hybridized carbons (Fsp3) is 0.188. The highest BCUT2D eigenvalue weighted by Crippen LogP contribution is 2.17. The van der Waals surface area contributed by atoms with Gasteiger partial charge in [0.15, 0.2) is 0 Å². The number of carbonyl (C=O) groups is 1. The molecule has 3 heteroatoms. The minimum atomic E-state index is -0.221. The number of Topliss-reactive ketones (excluding diaryl/α,β-unsaturated/α-hetero) is 1. The highest BCUT2D eigenvalue weighted by Gasteiger charge is 2.12. The molecule has 2 aromatic rings. The van der Waals surface area contributed by atoms with Crippen molar-refractivity contribution in [1.82, 2.24) is 0 Å². The van der Waals surface area contributed by atoms with Crippen LogP contribution in [0.5, 0.6) is 0 Å². The molecule has 2 nitrogen and oxygen atoms in total. The van der Waals surface area contributed by atoms with Crippen molar-refractivity contribution in [3.8, 4) is 0 Å². The number of hydrogen-bond acceptors (Lipinski definition) is 2. The summed E-state index contributed by atoms with van der Waals surface area (Å²) in [5, 5.41) is 0. The largest absolute Gasteiger partial charge is 0.324 e. The van der Waals surface area contributed by atoms with Gasteiger partial charge in [0, 0.05) is 23.4 Å². The van der Waals surface area contributed by atoms with Crippen LogP contribution in [-0.2, 0) is 11.2 Å². The first kappa shape index (κ1) is 14.0. The average Bonchev–Trinajstić information content (AvgIpc) is 2.39. The van der Waals surface area contributed by atoms with Crippen molar-refractivity contribution in [2.75, 3.05) is 0 Å². The molecular formula is C16H16BrNO. The fourth-order valence-electron chi connectivity index (χ4n) is 2.01. The predicted molar refractivity (Wildman–Crippen MR) is 80.8 cm³/mol. The third-order valence-corrected chi connectivity index (χ3v) is 3.46. The maximum Gasteiger partial charge on any atom is 0.139 e. The van der Waals surface area contributed by atoms with Gasteiger partial charge in [-0.05, 0) is 23.3 Å². The second-order valence-electron chi connectivity index (χ2n) is 4.57. The summed E-state index contributed by atoms with van der Waals surface area (Å²) in [6, 6.07) is 17.3. The summed E-state index contributed by atoms with van der Waals surface area (Å²) < 4.78 is 0.991. The Morgan fingerprint density at radius 2 is 1.84 bits per heavy atom. The molecule has 0 aliphatic heterocycles. The number of hydrogen-bond donors (Lipinski definition) is 1. The molecular weight excluding hydrogens is 302 g/mol. The van der Waals surface area contributed by atoms with E-state index in [9.17, 15) is 4.79 Å². The van der Waals surface area contributed by atoms with Gasteiger partial charge in [-0.15, -0.1) is 0 Å². The Balaban J connectivity index is 1.95. The van der Waals surface area contributed by atoms with Crippen LogP contribution in [0.3, 0.4) is 0 Å². The molecule has 0 saturated carbocycles. The van der Waals surface area contributed by atoms with Gasteiger partial charge < -0.3 is 5.73 Å². The van der Waals surface area contributed by atoms with Crippen LogP contribution < -0.4 is 5.73 Å². The lowest BCUT2D eigenvalue weighted by Gasteiger charge is -2.11. The van der Waals surface area contributed by atoms with Gasteiger partial charge in [-0.2, -0.15) is 0 Å². The van der Waals surface area contributed by atoms with E-state index in [0.717, 1.165) is 15.6 Å². The van der Waals surface area contributed by atoms with Crippen LogP contribution >= 0.6 is 15.9 Å². The minimum absolute atomic E-state index is 0.162. The summed E-state index contributed by atoms with van der Waals surface area (Å²) in [5.41, 5.74) is 8.07. The molecule has 0 spiro atoms. The Bertz CT molecular complexity index is 554. The molecule has 2 N–H and O–H groups in total.